The molecule has 3 aromatic rings. The molecule has 7 nitrogen and oxygen atoms in total. The topological polar surface area (TPSA) is 103 Å². The molecule has 1 unspecified atom stereocenters. The van der Waals surface area contributed by atoms with Crippen molar-refractivity contribution in [2.24, 2.45) is 4.99 Å². The van der Waals surface area contributed by atoms with Crippen LogP contribution in [0.25, 0.3) is 5.70 Å². The minimum absolute atomic E-state index is 0.114. The number of nitrogens with one attached hydrogen (secondary N) is 1. The van der Waals surface area contributed by atoms with Crippen molar-refractivity contribution >= 4 is 34.7 Å². The summed E-state index contributed by atoms with van der Waals surface area (Å²) in [6.45, 7) is 12.3. The summed E-state index contributed by atoms with van der Waals surface area (Å²) in [5.41, 5.74) is 12.7. The molecule has 0 aliphatic carbocycles. The van der Waals surface area contributed by atoms with E-state index in [1.165, 1.54) is 0 Å². The van der Waals surface area contributed by atoms with E-state index in [4.69, 9.17) is 10.7 Å². The van der Waals surface area contributed by atoms with Crippen LogP contribution in [0.5, 0.6) is 0 Å². The Hall–Kier alpha value is -4.18. The van der Waals surface area contributed by atoms with Gasteiger partial charge in [-0.25, -0.2) is 9.98 Å². The van der Waals surface area contributed by atoms with Crippen molar-refractivity contribution in [3.8, 4) is 6.07 Å². The smallest absolute Gasteiger partial charge is 0.222 e. The third-order valence-corrected chi connectivity index (χ3v) is 5.59. The highest BCUT2D eigenvalue weighted by atomic mass is 15.3. The summed E-state index contributed by atoms with van der Waals surface area (Å²) in [5, 5.41) is 12.9. The first kappa shape index (κ1) is 21.1. The molecular weight excluding hydrogens is 398 g/mol. The van der Waals surface area contributed by atoms with Gasteiger partial charge in [0.2, 0.25) is 5.95 Å². The monoisotopic (exact) mass is 423 g/mol. The van der Waals surface area contributed by atoms with Crippen LogP contribution in [-0.2, 0) is 0 Å². The maximum Gasteiger partial charge on any atom is 0.222 e. The number of aliphatic imine (C=N–C) groups is 1. The van der Waals surface area contributed by atoms with Gasteiger partial charge in [-0.15, -0.1) is 0 Å². The number of amidine groups is 1. The van der Waals surface area contributed by atoms with Crippen LogP contribution in [-0.4, -0.2) is 21.8 Å². The molecule has 0 fully saturated rings. The highest BCUT2D eigenvalue weighted by molar-refractivity contribution is 6.16. The van der Waals surface area contributed by atoms with Gasteiger partial charge in [0, 0.05) is 11.3 Å². The number of hydrogen-bond acceptors (Lipinski definition) is 7. The Morgan fingerprint density at radius 1 is 1.06 bits per heavy atom. The highest BCUT2D eigenvalue weighted by Crippen LogP contribution is 2.40. The standard InChI is InChI=1S/C25H25N7/c1-14-9-6-7-12-21(14)32-18(5)22-15(2)10-8-11-20(22)30-24(32)17(4)28-23-19(13-26)16(3)29-25(27)31-23/h6-12,17H,5H2,1-4H3,(H3,27,28,29,31). The van der Waals surface area contributed by atoms with Crippen molar-refractivity contribution in [2.75, 3.05) is 16.0 Å². The Morgan fingerprint density at radius 3 is 2.50 bits per heavy atom. The molecule has 7 heteroatoms. The predicted octanol–water partition coefficient (Wildman–Crippen LogP) is 4.88. The normalized spacial score (nSPS) is 13.8. The molecule has 32 heavy (non-hydrogen) atoms. The summed E-state index contributed by atoms with van der Waals surface area (Å²) >= 11 is 0. The Morgan fingerprint density at radius 2 is 1.78 bits per heavy atom. The lowest BCUT2D eigenvalue weighted by Gasteiger charge is -2.36. The lowest BCUT2D eigenvalue weighted by Crippen LogP contribution is -2.42. The van der Waals surface area contributed by atoms with Crippen molar-refractivity contribution in [3.05, 3.63) is 77.0 Å². The zero-order valence-corrected chi connectivity index (χ0v) is 18.6. The summed E-state index contributed by atoms with van der Waals surface area (Å²) in [6.07, 6.45) is 0. The van der Waals surface area contributed by atoms with Gasteiger partial charge in [-0.05, 0) is 51.0 Å². The van der Waals surface area contributed by atoms with Crippen LogP contribution in [0.15, 0.2) is 54.0 Å². The van der Waals surface area contributed by atoms with Gasteiger partial charge in [0.15, 0.2) is 0 Å². The van der Waals surface area contributed by atoms with Crippen molar-refractivity contribution in [1.29, 1.82) is 5.26 Å². The van der Waals surface area contributed by atoms with E-state index in [1.54, 1.807) is 6.92 Å². The van der Waals surface area contributed by atoms with Crippen LogP contribution in [0.2, 0.25) is 0 Å². The fourth-order valence-electron chi connectivity index (χ4n) is 4.02. The number of fused-ring (bicyclic) bond motifs is 1. The SMILES string of the molecule is C=C1c2c(C)cccc2N=C(C(C)Nc2nc(N)nc(C)c2C#N)N1c1ccccc1C. The lowest BCUT2D eigenvalue weighted by molar-refractivity contribution is 0.977. The summed E-state index contributed by atoms with van der Waals surface area (Å²) < 4.78 is 0. The summed E-state index contributed by atoms with van der Waals surface area (Å²) in [4.78, 5) is 15.5. The van der Waals surface area contributed by atoms with Gasteiger partial charge in [-0.2, -0.15) is 10.2 Å². The first-order chi connectivity index (χ1) is 15.3. The number of aromatic nitrogens is 2. The molecule has 1 aliphatic rings. The van der Waals surface area contributed by atoms with Crippen molar-refractivity contribution in [1.82, 2.24) is 9.97 Å². The molecule has 160 valence electrons. The number of rotatable bonds is 4. The fourth-order valence-corrected chi connectivity index (χ4v) is 4.02. The van der Waals surface area contributed by atoms with Gasteiger partial charge in [0.05, 0.1) is 23.1 Å². The molecule has 0 radical (unpaired) electrons. The number of benzene rings is 2. The zero-order valence-electron chi connectivity index (χ0n) is 18.6. The molecule has 1 atom stereocenters. The number of aryl methyl sites for hydroxylation is 3. The van der Waals surface area contributed by atoms with Gasteiger partial charge in [0.25, 0.3) is 0 Å². The Balaban J connectivity index is 1.85. The predicted molar refractivity (Wildman–Crippen MR) is 130 cm³/mol. The number of hydrogen-bond donors (Lipinski definition) is 2. The highest BCUT2D eigenvalue weighted by Gasteiger charge is 2.31. The van der Waals surface area contributed by atoms with Crippen LogP contribution < -0.4 is 16.0 Å². The molecule has 0 bridgehead atoms. The summed E-state index contributed by atoms with van der Waals surface area (Å²) in [6, 6.07) is 16.0. The largest absolute Gasteiger partial charge is 0.368 e. The Labute approximate surface area is 188 Å². The van der Waals surface area contributed by atoms with E-state index in [-0.39, 0.29) is 12.0 Å². The number of nitriles is 1. The maximum atomic E-state index is 9.62. The van der Waals surface area contributed by atoms with Gasteiger partial charge in [-0.1, -0.05) is 36.9 Å². The first-order valence-electron chi connectivity index (χ1n) is 10.4. The molecule has 1 aromatic heterocycles. The van der Waals surface area contributed by atoms with E-state index in [2.05, 4.69) is 64.9 Å². The second-order valence-corrected chi connectivity index (χ2v) is 7.88. The molecule has 0 saturated heterocycles. The minimum Gasteiger partial charge on any atom is -0.368 e. The van der Waals surface area contributed by atoms with E-state index in [0.717, 1.165) is 39.6 Å². The van der Waals surface area contributed by atoms with Gasteiger partial charge in [0.1, 0.15) is 23.3 Å². The minimum atomic E-state index is -0.305. The van der Waals surface area contributed by atoms with Crippen LogP contribution in [0, 0.1) is 32.1 Å². The second kappa shape index (κ2) is 8.16. The Kier molecular flexibility index (Phi) is 5.37. The van der Waals surface area contributed by atoms with Crippen LogP contribution in [0.3, 0.4) is 0 Å². The number of nitrogens with zero attached hydrogens (tertiary/aromatic N) is 5. The lowest BCUT2D eigenvalue weighted by atomic mass is 9.99. The van der Waals surface area contributed by atoms with Crippen molar-refractivity contribution in [2.45, 2.75) is 33.7 Å². The fraction of sp³-hybridized carbons (Fsp3) is 0.200. The van der Waals surface area contributed by atoms with Crippen molar-refractivity contribution < 1.29 is 0 Å². The van der Waals surface area contributed by atoms with Gasteiger partial charge >= 0.3 is 0 Å². The summed E-state index contributed by atoms with van der Waals surface area (Å²) in [7, 11) is 0. The summed E-state index contributed by atoms with van der Waals surface area (Å²) in [5.74, 6) is 1.25. The molecule has 3 N–H and O–H groups in total. The van der Waals surface area contributed by atoms with Gasteiger partial charge < -0.3 is 11.1 Å². The van der Waals surface area contributed by atoms with E-state index in [9.17, 15) is 5.26 Å². The van der Waals surface area contributed by atoms with E-state index >= 15 is 0 Å². The zero-order chi connectivity index (χ0) is 23.0. The first-order valence-corrected chi connectivity index (χ1v) is 10.4. The van der Waals surface area contributed by atoms with E-state index in [1.807, 2.05) is 31.2 Å². The molecule has 2 heterocycles. The van der Waals surface area contributed by atoms with Crippen LogP contribution in [0.1, 0.15) is 34.9 Å². The second-order valence-electron chi connectivity index (χ2n) is 7.88. The number of para-hydroxylation sites is 1. The average molecular weight is 424 g/mol. The number of nitrogen functional groups attached to an aromatic ring is 1. The van der Waals surface area contributed by atoms with E-state index in [0.29, 0.717) is 17.1 Å². The van der Waals surface area contributed by atoms with E-state index < -0.39 is 0 Å². The molecule has 0 saturated carbocycles. The number of anilines is 3. The van der Waals surface area contributed by atoms with Crippen LogP contribution >= 0.6 is 0 Å². The van der Waals surface area contributed by atoms with Gasteiger partial charge in [-0.3, -0.25) is 4.90 Å². The molecule has 0 amide bonds. The molecule has 2 aromatic carbocycles. The third-order valence-electron chi connectivity index (χ3n) is 5.59. The molecule has 0 spiro atoms. The quantitative estimate of drug-likeness (QED) is 0.620. The Bertz CT molecular complexity index is 1300. The number of nitrogens with two attached hydrogens (primary N) is 1. The average Bonchev–Trinajstić information content (AvgIpc) is 2.74. The third kappa shape index (κ3) is 3.56. The van der Waals surface area contributed by atoms with Crippen molar-refractivity contribution in [3.63, 3.8) is 0 Å². The molecule has 4 rings (SSSR count). The maximum absolute atomic E-state index is 9.62. The molecule has 1 aliphatic heterocycles. The molecular formula is C25H25N7. The van der Waals surface area contributed by atoms with Crippen LogP contribution in [0.4, 0.5) is 23.1 Å².